The molecule has 1 atom stereocenters. The van der Waals surface area contributed by atoms with E-state index in [1.807, 2.05) is 13.8 Å². The molecule has 5 heteroatoms. The molecule has 1 unspecified atom stereocenters. The van der Waals surface area contributed by atoms with E-state index in [0.29, 0.717) is 12.8 Å². The van der Waals surface area contributed by atoms with Gasteiger partial charge in [-0.15, -0.1) is 0 Å². The highest BCUT2D eigenvalue weighted by atomic mass is 19.4. The largest absolute Gasteiger partial charge is 0.389 e. The smallest absolute Gasteiger partial charge is 0.377 e. The maximum Gasteiger partial charge on any atom is 0.389 e. The summed E-state index contributed by atoms with van der Waals surface area (Å²) in [5, 5.41) is 0. The Bertz CT molecular complexity index is 170. The molecule has 0 aliphatic carbocycles. The minimum Gasteiger partial charge on any atom is -0.377 e. The van der Waals surface area contributed by atoms with Crippen molar-refractivity contribution in [1.82, 2.24) is 0 Å². The van der Waals surface area contributed by atoms with Crippen molar-refractivity contribution in [1.29, 1.82) is 0 Å². The second-order valence-corrected chi connectivity index (χ2v) is 3.74. The molecule has 0 heterocycles. The SMILES string of the molecule is CCC(CC)(OC)C(N)CCC(F)(F)F. The summed E-state index contributed by atoms with van der Waals surface area (Å²) in [4.78, 5) is 0. The van der Waals surface area contributed by atoms with Crippen LogP contribution < -0.4 is 5.73 Å². The van der Waals surface area contributed by atoms with Crippen molar-refractivity contribution in [2.75, 3.05) is 7.11 Å². The van der Waals surface area contributed by atoms with Crippen molar-refractivity contribution in [2.45, 2.75) is 57.3 Å². The van der Waals surface area contributed by atoms with Gasteiger partial charge in [0.2, 0.25) is 0 Å². The van der Waals surface area contributed by atoms with Crippen LogP contribution in [0.3, 0.4) is 0 Å². The Morgan fingerprint density at radius 3 is 1.93 bits per heavy atom. The van der Waals surface area contributed by atoms with E-state index in [4.69, 9.17) is 10.5 Å². The molecule has 0 aliphatic heterocycles. The zero-order valence-corrected chi connectivity index (χ0v) is 9.53. The molecule has 0 aliphatic rings. The highest BCUT2D eigenvalue weighted by molar-refractivity contribution is 4.89. The fourth-order valence-electron chi connectivity index (χ4n) is 1.80. The van der Waals surface area contributed by atoms with Crippen LogP contribution in [0.4, 0.5) is 13.2 Å². The molecule has 0 bridgehead atoms. The van der Waals surface area contributed by atoms with Gasteiger partial charge in [0.05, 0.1) is 5.60 Å². The maximum absolute atomic E-state index is 12.0. The average Bonchev–Trinajstić information content (AvgIpc) is 2.17. The fourth-order valence-corrected chi connectivity index (χ4v) is 1.80. The summed E-state index contributed by atoms with van der Waals surface area (Å²) in [7, 11) is 1.50. The van der Waals surface area contributed by atoms with Crippen molar-refractivity contribution < 1.29 is 17.9 Å². The van der Waals surface area contributed by atoms with Crippen molar-refractivity contribution >= 4 is 0 Å². The molecule has 0 radical (unpaired) electrons. The summed E-state index contributed by atoms with van der Waals surface area (Å²) in [5.41, 5.74) is 5.15. The van der Waals surface area contributed by atoms with Gasteiger partial charge in [0.25, 0.3) is 0 Å². The van der Waals surface area contributed by atoms with Gasteiger partial charge < -0.3 is 10.5 Å². The van der Waals surface area contributed by atoms with E-state index >= 15 is 0 Å². The lowest BCUT2D eigenvalue weighted by Gasteiger charge is -2.36. The number of hydrogen-bond donors (Lipinski definition) is 1. The molecule has 0 fully saturated rings. The zero-order valence-electron chi connectivity index (χ0n) is 9.53. The lowest BCUT2D eigenvalue weighted by molar-refractivity contribution is -0.140. The predicted octanol–water partition coefficient (Wildman–Crippen LogP) is 2.86. The summed E-state index contributed by atoms with van der Waals surface area (Å²) in [6.45, 7) is 3.75. The van der Waals surface area contributed by atoms with Crippen LogP contribution in [0.1, 0.15) is 39.5 Å². The molecule has 0 rings (SSSR count). The summed E-state index contributed by atoms with van der Waals surface area (Å²) in [6, 6.07) is -0.570. The lowest BCUT2D eigenvalue weighted by Crippen LogP contribution is -2.49. The minimum atomic E-state index is -4.14. The van der Waals surface area contributed by atoms with Gasteiger partial charge in [-0.05, 0) is 19.3 Å². The second-order valence-electron chi connectivity index (χ2n) is 3.74. The van der Waals surface area contributed by atoms with Crippen molar-refractivity contribution in [3.8, 4) is 0 Å². The monoisotopic (exact) mass is 227 g/mol. The van der Waals surface area contributed by atoms with Crippen LogP contribution in [0.15, 0.2) is 0 Å². The van der Waals surface area contributed by atoms with Gasteiger partial charge in [-0.1, -0.05) is 13.8 Å². The van der Waals surface area contributed by atoms with Crippen LogP contribution in [0.5, 0.6) is 0 Å². The quantitative estimate of drug-likeness (QED) is 0.757. The van der Waals surface area contributed by atoms with E-state index in [9.17, 15) is 13.2 Å². The van der Waals surface area contributed by atoms with Crippen LogP contribution in [0.2, 0.25) is 0 Å². The lowest BCUT2D eigenvalue weighted by atomic mass is 9.86. The van der Waals surface area contributed by atoms with Gasteiger partial charge in [-0.25, -0.2) is 0 Å². The molecule has 2 nitrogen and oxygen atoms in total. The van der Waals surface area contributed by atoms with Crippen LogP contribution in [-0.4, -0.2) is 24.9 Å². The number of rotatable bonds is 6. The topological polar surface area (TPSA) is 35.2 Å². The van der Waals surface area contributed by atoms with E-state index in [1.54, 1.807) is 0 Å². The first-order valence-corrected chi connectivity index (χ1v) is 5.18. The van der Waals surface area contributed by atoms with Crippen molar-refractivity contribution in [3.63, 3.8) is 0 Å². The molecule has 0 saturated heterocycles. The third-order valence-corrected chi connectivity index (χ3v) is 3.02. The zero-order chi connectivity index (χ0) is 12.1. The molecule has 0 aromatic heterocycles. The summed E-state index contributed by atoms with van der Waals surface area (Å²) in [5.74, 6) is 0. The number of halogens is 3. The number of ether oxygens (including phenoxy) is 1. The number of alkyl halides is 3. The molecular weight excluding hydrogens is 207 g/mol. The Morgan fingerprint density at radius 2 is 1.67 bits per heavy atom. The van der Waals surface area contributed by atoms with Gasteiger partial charge in [0.1, 0.15) is 0 Å². The summed E-state index contributed by atoms with van der Waals surface area (Å²) in [6.07, 6.45) is -3.82. The van der Waals surface area contributed by atoms with Crippen molar-refractivity contribution in [3.05, 3.63) is 0 Å². The normalized spacial score (nSPS) is 15.4. The van der Waals surface area contributed by atoms with Crippen molar-refractivity contribution in [2.24, 2.45) is 5.73 Å². The Morgan fingerprint density at radius 1 is 1.20 bits per heavy atom. The highest BCUT2D eigenvalue weighted by Crippen LogP contribution is 2.29. The summed E-state index contributed by atoms with van der Waals surface area (Å²) < 4.78 is 41.3. The van der Waals surface area contributed by atoms with Gasteiger partial charge >= 0.3 is 6.18 Å². The maximum atomic E-state index is 12.0. The third kappa shape index (κ3) is 4.38. The number of methoxy groups -OCH3 is 1. The molecule has 0 amide bonds. The first kappa shape index (κ1) is 14.7. The number of hydrogen-bond acceptors (Lipinski definition) is 2. The fraction of sp³-hybridized carbons (Fsp3) is 1.00. The van der Waals surface area contributed by atoms with Crippen LogP contribution in [0.25, 0.3) is 0 Å². The van der Waals surface area contributed by atoms with Crippen LogP contribution in [-0.2, 0) is 4.74 Å². The second kappa shape index (κ2) is 5.70. The Labute approximate surface area is 89.0 Å². The summed E-state index contributed by atoms with van der Waals surface area (Å²) >= 11 is 0. The standard InChI is InChI=1S/C10H20F3NO/c1-4-9(5-2,15-3)8(14)6-7-10(11,12)13/h8H,4-7,14H2,1-3H3. The molecule has 0 aromatic carbocycles. The van der Waals surface area contributed by atoms with Gasteiger partial charge in [0.15, 0.2) is 0 Å². The van der Waals surface area contributed by atoms with Crippen LogP contribution in [0, 0.1) is 0 Å². The Kier molecular flexibility index (Phi) is 5.59. The third-order valence-electron chi connectivity index (χ3n) is 3.02. The van der Waals surface area contributed by atoms with Gasteiger partial charge in [-0.3, -0.25) is 0 Å². The molecule has 0 aromatic rings. The first-order valence-electron chi connectivity index (χ1n) is 5.18. The average molecular weight is 227 g/mol. The van der Waals surface area contributed by atoms with Crippen LogP contribution >= 0.6 is 0 Å². The molecule has 0 saturated carbocycles. The van der Waals surface area contributed by atoms with E-state index < -0.39 is 24.2 Å². The molecule has 0 spiro atoms. The molecule has 92 valence electrons. The number of nitrogens with two attached hydrogens (primary N) is 1. The van der Waals surface area contributed by atoms with E-state index in [0.717, 1.165) is 0 Å². The van der Waals surface area contributed by atoms with E-state index in [-0.39, 0.29) is 6.42 Å². The Hall–Kier alpha value is -0.290. The first-order chi connectivity index (χ1) is 6.81. The Balaban J connectivity index is 4.33. The molecule has 15 heavy (non-hydrogen) atoms. The van der Waals surface area contributed by atoms with Gasteiger partial charge in [-0.2, -0.15) is 13.2 Å². The van der Waals surface area contributed by atoms with E-state index in [2.05, 4.69) is 0 Å². The highest BCUT2D eigenvalue weighted by Gasteiger charge is 2.36. The molecular formula is C10H20F3NO. The predicted molar refractivity (Wildman–Crippen MR) is 53.6 cm³/mol. The van der Waals surface area contributed by atoms with E-state index in [1.165, 1.54) is 7.11 Å². The minimum absolute atomic E-state index is 0.0843. The molecule has 2 N–H and O–H groups in total. The van der Waals surface area contributed by atoms with Gasteiger partial charge in [0, 0.05) is 19.6 Å².